The fourth-order valence-corrected chi connectivity index (χ4v) is 2.21. The molecule has 1 amide bonds. The molecule has 1 aliphatic rings. The molecule has 1 aromatic rings. The maximum Gasteiger partial charge on any atom is 0.405 e. The summed E-state index contributed by atoms with van der Waals surface area (Å²) in [5.74, 6) is 0. The Morgan fingerprint density at radius 3 is 3.00 bits per heavy atom. The number of benzene rings is 1. The van der Waals surface area contributed by atoms with Crippen LogP contribution in [0.3, 0.4) is 0 Å². The molecule has 0 fully saturated rings. The van der Waals surface area contributed by atoms with E-state index in [1.54, 1.807) is 0 Å². The first kappa shape index (κ1) is 11.9. The van der Waals surface area contributed by atoms with Gasteiger partial charge in [0.25, 0.3) is 0 Å². The van der Waals surface area contributed by atoms with Crippen LogP contribution in [-0.2, 0) is 11.2 Å². The van der Waals surface area contributed by atoms with Crippen molar-refractivity contribution in [3.63, 3.8) is 0 Å². The Bertz CT molecular complexity index is 410. The zero-order chi connectivity index (χ0) is 12.3. The van der Waals surface area contributed by atoms with Crippen LogP contribution in [0.25, 0.3) is 0 Å². The number of hydrogen-bond donors (Lipinski definition) is 2. The van der Waals surface area contributed by atoms with E-state index in [1.165, 1.54) is 0 Å². The summed E-state index contributed by atoms with van der Waals surface area (Å²) in [6.45, 7) is -0.566. The van der Waals surface area contributed by atoms with Crippen LogP contribution in [-0.4, -0.2) is 30.6 Å². The van der Waals surface area contributed by atoms with Gasteiger partial charge in [-0.15, -0.1) is 0 Å². The molecule has 0 saturated carbocycles. The summed E-state index contributed by atoms with van der Waals surface area (Å²) in [7, 11) is 0. The van der Waals surface area contributed by atoms with E-state index in [9.17, 15) is 9.18 Å². The van der Waals surface area contributed by atoms with E-state index in [0.717, 1.165) is 11.1 Å². The molecule has 2 atom stereocenters. The van der Waals surface area contributed by atoms with Gasteiger partial charge in [-0.3, -0.25) is 0 Å². The van der Waals surface area contributed by atoms with Crippen LogP contribution in [0.5, 0.6) is 0 Å². The number of carboxylic acid groups (broad SMARTS) is 1. The maximum atomic E-state index is 12.1. The number of ether oxygens (including phenoxy) is 1. The third kappa shape index (κ3) is 2.55. The molecule has 1 aliphatic carbocycles. The van der Waals surface area contributed by atoms with E-state index in [1.807, 2.05) is 24.3 Å². The fraction of sp³-hybridized carbons (Fsp3) is 0.417. The maximum absolute atomic E-state index is 12.1. The molecule has 0 heterocycles. The van der Waals surface area contributed by atoms with Crippen LogP contribution >= 0.6 is 0 Å². The van der Waals surface area contributed by atoms with Gasteiger partial charge in [0.05, 0.1) is 18.8 Å². The van der Waals surface area contributed by atoms with E-state index in [4.69, 9.17) is 9.84 Å². The highest BCUT2D eigenvalue weighted by Gasteiger charge is 2.33. The monoisotopic (exact) mass is 239 g/mol. The molecule has 92 valence electrons. The van der Waals surface area contributed by atoms with E-state index < -0.39 is 18.8 Å². The van der Waals surface area contributed by atoms with Crippen molar-refractivity contribution in [3.05, 3.63) is 35.4 Å². The lowest BCUT2D eigenvalue weighted by molar-refractivity contribution is 0.0276. The van der Waals surface area contributed by atoms with Crippen LogP contribution < -0.4 is 5.32 Å². The summed E-state index contributed by atoms with van der Waals surface area (Å²) >= 11 is 0. The minimum Gasteiger partial charge on any atom is -0.465 e. The Hall–Kier alpha value is -1.62. The predicted octanol–water partition coefficient (Wildman–Crippen LogP) is 1.91. The molecule has 1 aromatic carbocycles. The van der Waals surface area contributed by atoms with Gasteiger partial charge in [0.15, 0.2) is 0 Å². The van der Waals surface area contributed by atoms with Crippen molar-refractivity contribution in [1.82, 2.24) is 5.32 Å². The largest absolute Gasteiger partial charge is 0.465 e. The Kier molecular flexibility index (Phi) is 3.58. The molecule has 2 N–H and O–H groups in total. The van der Waals surface area contributed by atoms with Crippen LogP contribution in [0.2, 0.25) is 0 Å². The van der Waals surface area contributed by atoms with E-state index in [0.29, 0.717) is 6.42 Å². The topological polar surface area (TPSA) is 58.6 Å². The summed E-state index contributed by atoms with van der Waals surface area (Å²) in [6, 6.07) is 7.15. The van der Waals surface area contributed by atoms with E-state index in [2.05, 4.69) is 5.32 Å². The zero-order valence-corrected chi connectivity index (χ0v) is 9.23. The first-order chi connectivity index (χ1) is 8.22. The Morgan fingerprint density at radius 2 is 2.29 bits per heavy atom. The van der Waals surface area contributed by atoms with Gasteiger partial charge in [-0.05, 0) is 11.1 Å². The highest BCUT2D eigenvalue weighted by atomic mass is 19.1. The highest BCUT2D eigenvalue weighted by Crippen LogP contribution is 2.33. The van der Waals surface area contributed by atoms with Crippen molar-refractivity contribution in [3.8, 4) is 0 Å². The summed E-state index contributed by atoms with van der Waals surface area (Å²) in [5, 5.41) is 11.2. The van der Waals surface area contributed by atoms with Gasteiger partial charge in [-0.2, -0.15) is 0 Å². The lowest BCUT2D eigenvalue weighted by Gasteiger charge is -2.20. The quantitative estimate of drug-likeness (QED) is 0.843. The molecule has 17 heavy (non-hydrogen) atoms. The van der Waals surface area contributed by atoms with Gasteiger partial charge in [0, 0.05) is 6.42 Å². The summed E-state index contributed by atoms with van der Waals surface area (Å²) in [4.78, 5) is 10.7. The van der Waals surface area contributed by atoms with Crippen LogP contribution in [0.1, 0.15) is 17.2 Å². The number of halogens is 1. The second-order valence-corrected chi connectivity index (χ2v) is 3.93. The minimum atomic E-state index is -1.10. The van der Waals surface area contributed by atoms with Crippen LogP contribution in [0.4, 0.5) is 9.18 Å². The van der Waals surface area contributed by atoms with Gasteiger partial charge in [0.2, 0.25) is 0 Å². The van der Waals surface area contributed by atoms with Crippen molar-refractivity contribution in [2.45, 2.75) is 18.6 Å². The molecule has 0 bridgehead atoms. The number of amides is 1. The summed E-state index contributed by atoms with van der Waals surface area (Å²) in [6.07, 6.45) is -0.805. The van der Waals surface area contributed by atoms with E-state index in [-0.39, 0.29) is 12.7 Å². The van der Waals surface area contributed by atoms with E-state index >= 15 is 0 Å². The third-order valence-electron chi connectivity index (χ3n) is 2.87. The normalized spacial score (nSPS) is 22.2. The van der Waals surface area contributed by atoms with Gasteiger partial charge in [-0.25, -0.2) is 9.18 Å². The number of carbonyl (C=O) groups is 1. The van der Waals surface area contributed by atoms with Crippen molar-refractivity contribution >= 4 is 6.09 Å². The van der Waals surface area contributed by atoms with Crippen molar-refractivity contribution in [2.24, 2.45) is 0 Å². The zero-order valence-electron chi connectivity index (χ0n) is 9.23. The first-order valence-electron chi connectivity index (χ1n) is 5.47. The molecular weight excluding hydrogens is 225 g/mol. The predicted molar refractivity (Wildman–Crippen MR) is 59.8 cm³/mol. The minimum absolute atomic E-state index is 0.00352. The number of fused-ring (bicyclic) bond motifs is 1. The number of nitrogens with one attached hydrogen (secondary N) is 1. The number of rotatable bonds is 4. The Morgan fingerprint density at radius 1 is 1.53 bits per heavy atom. The average molecular weight is 239 g/mol. The molecule has 0 aromatic heterocycles. The number of alkyl halides is 1. The summed E-state index contributed by atoms with van der Waals surface area (Å²) < 4.78 is 17.5. The van der Waals surface area contributed by atoms with Crippen molar-refractivity contribution in [1.29, 1.82) is 0 Å². The lowest BCUT2D eigenvalue weighted by Crippen LogP contribution is -2.34. The van der Waals surface area contributed by atoms with Gasteiger partial charge in [0.1, 0.15) is 6.67 Å². The van der Waals surface area contributed by atoms with Crippen molar-refractivity contribution in [2.75, 3.05) is 13.3 Å². The van der Waals surface area contributed by atoms with Crippen LogP contribution in [0, 0.1) is 0 Å². The highest BCUT2D eigenvalue weighted by molar-refractivity contribution is 5.66. The Balaban J connectivity index is 2.17. The molecule has 2 rings (SSSR count). The molecule has 0 aliphatic heterocycles. The molecule has 0 radical (unpaired) electrons. The molecular formula is C12H14FNO3. The molecule has 0 saturated heterocycles. The standard InChI is InChI=1S/C12H14FNO3/c13-5-6-17-10-7-8-3-1-2-4-9(8)11(10)14-12(15)16/h1-4,10-11,14H,5-7H2,(H,15,16)/t10-,11+/m1/s1. The SMILES string of the molecule is O=C(O)N[C@H]1c2ccccc2C[C@H]1OCCF. The number of hydrogen-bond acceptors (Lipinski definition) is 2. The fourth-order valence-electron chi connectivity index (χ4n) is 2.21. The molecule has 4 nitrogen and oxygen atoms in total. The molecule has 5 heteroatoms. The average Bonchev–Trinajstić information content (AvgIpc) is 2.64. The molecule has 0 spiro atoms. The lowest BCUT2D eigenvalue weighted by atomic mass is 10.1. The first-order valence-corrected chi connectivity index (χ1v) is 5.47. The van der Waals surface area contributed by atoms with Gasteiger partial charge >= 0.3 is 6.09 Å². The van der Waals surface area contributed by atoms with Crippen molar-refractivity contribution < 1.29 is 19.0 Å². The third-order valence-corrected chi connectivity index (χ3v) is 2.87. The molecule has 0 unspecified atom stereocenters. The second-order valence-electron chi connectivity index (χ2n) is 3.93. The second kappa shape index (κ2) is 5.14. The van der Waals surface area contributed by atoms with Gasteiger partial charge in [-0.1, -0.05) is 24.3 Å². The Labute approximate surface area is 98.4 Å². The summed E-state index contributed by atoms with van der Waals surface area (Å²) in [5.41, 5.74) is 1.97. The van der Waals surface area contributed by atoms with Gasteiger partial charge < -0.3 is 15.2 Å². The smallest absolute Gasteiger partial charge is 0.405 e. The van der Waals surface area contributed by atoms with Crippen LogP contribution in [0.15, 0.2) is 24.3 Å².